The maximum Gasteiger partial charge on any atom is 0.254 e. The number of benzene rings is 2. The Morgan fingerprint density at radius 2 is 1.67 bits per heavy atom. The molecule has 0 radical (unpaired) electrons. The summed E-state index contributed by atoms with van der Waals surface area (Å²) in [4.78, 5) is 31.4. The first kappa shape index (κ1) is 21.8. The van der Waals surface area contributed by atoms with Crippen molar-refractivity contribution in [2.24, 2.45) is 5.92 Å². The molecule has 0 atom stereocenters. The lowest BCUT2D eigenvalue weighted by Gasteiger charge is -2.37. The van der Waals surface area contributed by atoms with Gasteiger partial charge in [0, 0.05) is 30.1 Å². The SMILES string of the molecule is Cc1ccccc1C(=O)N1CCC(C(=O)N2CC[NH+](Cc3ccc4c(c3)OCO4)CC2)CC1. The Labute approximate surface area is 194 Å². The van der Waals surface area contributed by atoms with Crippen LogP contribution in [0.1, 0.15) is 34.3 Å². The van der Waals surface area contributed by atoms with E-state index in [-0.39, 0.29) is 17.7 Å². The highest BCUT2D eigenvalue weighted by Crippen LogP contribution is 2.32. The number of hydrogen-bond acceptors (Lipinski definition) is 4. The zero-order valence-corrected chi connectivity index (χ0v) is 19.2. The molecule has 0 unspecified atom stereocenters. The van der Waals surface area contributed by atoms with Crippen LogP contribution in [0.15, 0.2) is 42.5 Å². The van der Waals surface area contributed by atoms with Crippen LogP contribution in [0, 0.1) is 12.8 Å². The first-order chi connectivity index (χ1) is 16.1. The predicted molar refractivity (Wildman–Crippen MR) is 123 cm³/mol. The maximum atomic E-state index is 13.1. The average Bonchev–Trinajstić information content (AvgIpc) is 3.32. The quantitative estimate of drug-likeness (QED) is 0.767. The summed E-state index contributed by atoms with van der Waals surface area (Å²) in [5.74, 6) is 2.02. The molecule has 3 heterocycles. The number of quaternary nitrogens is 1. The zero-order valence-electron chi connectivity index (χ0n) is 19.2. The van der Waals surface area contributed by atoms with Gasteiger partial charge in [0.15, 0.2) is 11.5 Å². The van der Waals surface area contributed by atoms with Gasteiger partial charge >= 0.3 is 0 Å². The van der Waals surface area contributed by atoms with Crippen LogP contribution in [0.4, 0.5) is 0 Å². The van der Waals surface area contributed by atoms with Gasteiger partial charge in [0.05, 0.1) is 26.2 Å². The van der Waals surface area contributed by atoms with Crippen LogP contribution in [0.5, 0.6) is 11.5 Å². The number of nitrogens with zero attached hydrogens (tertiary/aromatic N) is 2. The van der Waals surface area contributed by atoms with Crippen molar-refractivity contribution < 1.29 is 24.0 Å². The Bertz CT molecular complexity index is 1020. The molecule has 0 saturated carbocycles. The Hall–Kier alpha value is -3.06. The Balaban J connectivity index is 1.09. The van der Waals surface area contributed by atoms with Crippen LogP contribution in [0.2, 0.25) is 0 Å². The van der Waals surface area contributed by atoms with Crippen molar-refractivity contribution >= 4 is 11.8 Å². The summed E-state index contributed by atoms with van der Waals surface area (Å²) >= 11 is 0. The summed E-state index contributed by atoms with van der Waals surface area (Å²) in [6.07, 6.45) is 1.50. The predicted octanol–water partition coefficient (Wildman–Crippen LogP) is 1.50. The van der Waals surface area contributed by atoms with E-state index >= 15 is 0 Å². The fourth-order valence-electron chi connectivity index (χ4n) is 5.13. The van der Waals surface area contributed by atoms with Gasteiger partial charge in [0.25, 0.3) is 5.91 Å². The largest absolute Gasteiger partial charge is 0.454 e. The number of ether oxygens (including phenoxy) is 2. The van der Waals surface area contributed by atoms with Crippen molar-refractivity contribution in [3.63, 3.8) is 0 Å². The van der Waals surface area contributed by atoms with E-state index in [1.165, 1.54) is 10.5 Å². The third kappa shape index (κ3) is 4.69. The fraction of sp³-hybridized carbons (Fsp3) is 0.462. The van der Waals surface area contributed by atoms with Gasteiger partial charge in [0.2, 0.25) is 12.7 Å². The molecule has 174 valence electrons. The molecule has 7 heteroatoms. The van der Waals surface area contributed by atoms with E-state index in [9.17, 15) is 9.59 Å². The minimum absolute atomic E-state index is 0.0290. The van der Waals surface area contributed by atoms with E-state index in [1.807, 2.05) is 47.1 Å². The second kappa shape index (κ2) is 9.43. The molecule has 33 heavy (non-hydrogen) atoms. The molecule has 5 rings (SSSR count). The number of piperidine rings is 1. The molecule has 3 aliphatic rings. The fourth-order valence-corrected chi connectivity index (χ4v) is 5.13. The molecule has 2 amide bonds. The van der Waals surface area contributed by atoms with Gasteiger partial charge in [-0.1, -0.05) is 18.2 Å². The molecule has 0 spiro atoms. The molecule has 1 N–H and O–H groups in total. The van der Waals surface area contributed by atoms with E-state index in [2.05, 4.69) is 12.1 Å². The van der Waals surface area contributed by atoms with Crippen molar-refractivity contribution in [2.45, 2.75) is 26.3 Å². The highest BCUT2D eigenvalue weighted by Gasteiger charge is 2.33. The van der Waals surface area contributed by atoms with Crippen molar-refractivity contribution in [1.82, 2.24) is 9.80 Å². The molecule has 0 aliphatic carbocycles. The summed E-state index contributed by atoms with van der Waals surface area (Å²) in [7, 11) is 0. The van der Waals surface area contributed by atoms with E-state index in [0.717, 1.165) is 68.2 Å². The summed E-state index contributed by atoms with van der Waals surface area (Å²) in [5.41, 5.74) is 3.00. The molecule has 2 saturated heterocycles. The summed E-state index contributed by atoms with van der Waals surface area (Å²) in [5, 5.41) is 0. The van der Waals surface area contributed by atoms with Crippen LogP contribution < -0.4 is 14.4 Å². The van der Waals surface area contributed by atoms with E-state index in [1.54, 1.807) is 0 Å². The molecule has 2 aromatic rings. The number of hydrogen-bond donors (Lipinski definition) is 1. The molecular weight excluding hydrogens is 418 g/mol. The highest BCUT2D eigenvalue weighted by molar-refractivity contribution is 5.95. The zero-order chi connectivity index (χ0) is 22.8. The van der Waals surface area contributed by atoms with E-state index in [4.69, 9.17) is 9.47 Å². The summed E-state index contributed by atoms with van der Waals surface area (Å²) in [6, 6.07) is 13.9. The van der Waals surface area contributed by atoms with Gasteiger partial charge < -0.3 is 24.2 Å². The Kier molecular flexibility index (Phi) is 6.22. The van der Waals surface area contributed by atoms with Gasteiger partial charge in [0.1, 0.15) is 6.54 Å². The number of rotatable bonds is 4. The van der Waals surface area contributed by atoms with Crippen LogP contribution >= 0.6 is 0 Å². The number of likely N-dealkylation sites (tertiary alicyclic amines) is 1. The van der Waals surface area contributed by atoms with Crippen LogP contribution in [-0.4, -0.2) is 67.7 Å². The van der Waals surface area contributed by atoms with Crippen molar-refractivity contribution in [3.8, 4) is 11.5 Å². The lowest BCUT2D eigenvalue weighted by atomic mass is 9.94. The standard InChI is InChI=1S/C26H31N3O4/c1-19-4-2-3-5-22(19)26(31)28-10-8-21(9-11-28)25(30)29-14-12-27(13-15-29)17-20-6-7-23-24(16-20)33-18-32-23/h2-7,16,21H,8-15,17-18H2,1H3/p+1. The van der Waals surface area contributed by atoms with Crippen LogP contribution in [0.3, 0.4) is 0 Å². The first-order valence-electron chi connectivity index (χ1n) is 11.9. The smallest absolute Gasteiger partial charge is 0.254 e. The molecule has 3 aliphatic heterocycles. The number of aryl methyl sites for hydroxylation is 1. The summed E-state index contributed by atoms with van der Waals surface area (Å²) in [6.45, 7) is 7.98. The molecule has 7 nitrogen and oxygen atoms in total. The number of amides is 2. The number of carbonyl (C=O) groups excluding carboxylic acids is 2. The Morgan fingerprint density at radius 3 is 2.42 bits per heavy atom. The van der Waals surface area contributed by atoms with Crippen molar-refractivity contribution in [3.05, 3.63) is 59.2 Å². The molecule has 2 aromatic carbocycles. The first-order valence-corrected chi connectivity index (χ1v) is 11.9. The maximum absolute atomic E-state index is 13.1. The number of piperazine rings is 1. The third-order valence-electron chi connectivity index (χ3n) is 7.18. The van der Waals surface area contributed by atoms with E-state index in [0.29, 0.717) is 19.9 Å². The summed E-state index contributed by atoms with van der Waals surface area (Å²) < 4.78 is 10.9. The van der Waals surface area contributed by atoms with Crippen molar-refractivity contribution in [1.29, 1.82) is 0 Å². The third-order valence-corrected chi connectivity index (χ3v) is 7.18. The normalized spacial score (nSPS) is 19.1. The minimum Gasteiger partial charge on any atom is -0.454 e. The average molecular weight is 451 g/mol. The highest BCUT2D eigenvalue weighted by atomic mass is 16.7. The van der Waals surface area contributed by atoms with Gasteiger partial charge in [-0.2, -0.15) is 0 Å². The van der Waals surface area contributed by atoms with Gasteiger partial charge in [-0.3, -0.25) is 9.59 Å². The molecule has 0 bridgehead atoms. The second-order valence-electron chi connectivity index (χ2n) is 9.32. The number of nitrogens with one attached hydrogen (secondary N) is 1. The number of fused-ring (bicyclic) bond motifs is 1. The lowest BCUT2D eigenvalue weighted by molar-refractivity contribution is -0.917. The lowest BCUT2D eigenvalue weighted by Crippen LogP contribution is -3.13. The second-order valence-corrected chi connectivity index (χ2v) is 9.32. The number of carbonyl (C=O) groups is 2. The molecular formula is C26H32N3O4+. The van der Waals surface area contributed by atoms with Crippen molar-refractivity contribution in [2.75, 3.05) is 46.1 Å². The Morgan fingerprint density at radius 1 is 0.939 bits per heavy atom. The molecule has 0 aromatic heterocycles. The van der Waals surface area contributed by atoms with Gasteiger partial charge in [-0.25, -0.2) is 0 Å². The van der Waals surface area contributed by atoms with Gasteiger partial charge in [-0.05, 0) is 49.6 Å². The van der Waals surface area contributed by atoms with Crippen LogP contribution in [-0.2, 0) is 11.3 Å². The monoisotopic (exact) mass is 450 g/mol. The van der Waals surface area contributed by atoms with Crippen LogP contribution in [0.25, 0.3) is 0 Å². The topological polar surface area (TPSA) is 63.5 Å². The van der Waals surface area contributed by atoms with E-state index < -0.39 is 0 Å². The van der Waals surface area contributed by atoms with Gasteiger partial charge in [-0.15, -0.1) is 0 Å². The minimum atomic E-state index is 0.0290. The molecule has 2 fully saturated rings.